The molecule has 2 rings (SSSR count). The number of carbonyl (C=O) groups excluding carboxylic acids is 1. The molecule has 1 aliphatic rings. The van der Waals surface area contributed by atoms with E-state index in [1.807, 2.05) is 7.05 Å². The van der Waals surface area contributed by atoms with Gasteiger partial charge in [-0.05, 0) is 25.5 Å². The number of hydrogen-bond acceptors (Lipinski definition) is 4. The fraction of sp³-hybridized carbons (Fsp3) is 0.500. The summed E-state index contributed by atoms with van der Waals surface area (Å²) >= 11 is 0. The molecule has 0 atom stereocenters. The second-order valence-corrected chi connectivity index (χ2v) is 5.11. The van der Waals surface area contributed by atoms with Gasteiger partial charge < -0.3 is 0 Å². The van der Waals surface area contributed by atoms with Gasteiger partial charge in [-0.15, -0.1) is 0 Å². The van der Waals surface area contributed by atoms with Crippen molar-refractivity contribution < 1.29 is 9.72 Å². The summed E-state index contributed by atoms with van der Waals surface area (Å²) in [5.74, 6) is 0.361. The van der Waals surface area contributed by atoms with Crippen LogP contribution < -0.4 is 0 Å². The third-order valence-corrected chi connectivity index (χ3v) is 3.72. The predicted octanol–water partition coefficient (Wildman–Crippen LogP) is 2.54. The lowest BCUT2D eigenvalue weighted by Crippen LogP contribution is -2.34. The molecule has 0 saturated heterocycles. The summed E-state index contributed by atoms with van der Waals surface area (Å²) in [5, 5.41) is 10.6. The first-order valence-corrected chi connectivity index (χ1v) is 6.51. The van der Waals surface area contributed by atoms with Crippen molar-refractivity contribution in [2.75, 3.05) is 7.05 Å². The van der Waals surface area contributed by atoms with Gasteiger partial charge in [0, 0.05) is 37.6 Å². The zero-order valence-corrected chi connectivity index (χ0v) is 11.0. The number of nitrogens with zero attached hydrogens (tertiary/aromatic N) is 2. The average Bonchev–Trinajstić information content (AvgIpc) is 2.40. The number of nitro benzene ring substituents is 1. The van der Waals surface area contributed by atoms with Crippen molar-refractivity contribution in [2.45, 2.75) is 38.3 Å². The van der Waals surface area contributed by atoms with E-state index >= 15 is 0 Å². The molecule has 5 heteroatoms. The molecule has 0 heterocycles. The Bertz CT molecular complexity index is 460. The molecule has 19 heavy (non-hydrogen) atoms. The Morgan fingerprint density at radius 1 is 1.26 bits per heavy atom. The zero-order chi connectivity index (χ0) is 13.8. The molecule has 0 radical (unpaired) electrons. The molecule has 0 aliphatic heterocycles. The van der Waals surface area contributed by atoms with Gasteiger partial charge in [0.2, 0.25) is 0 Å². The molecule has 1 fully saturated rings. The Labute approximate surface area is 112 Å². The molecule has 1 aliphatic carbocycles. The van der Waals surface area contributed by atoms with Gasteiger partial charge in [-0.2, -0.15) is 0 Å². The highest BCUT2D eigenvalue weighted by atomic mass is 16.6. The standard InChI is InChI=1S/C14H18N2O3/c1-15(12-6-8-14(17)9-7-12)10-11-2-4-13(5-3-11)16(18)19/h2-5,12H,6-10H2,1H3. The number of ketones is 1. The van der Waals surface area contributed by atoms with Crippen LogP contribution in [0.2, 0.25) is 0 Å². The Kier molecular flexibility index (Phi) is 4.27. The molecule has 5 nitrogen and oxygen atoms in total. The first-order chi connectivity index (χ1) is 9.06. The maximum Gasteiger partial charge on any atom is 0.269 e. The minimum Gasteiger partial charge on any atom is -0.300 e. The molecular weight excluding hydrogens is 244 g/mol. The van der Waals surface area contributed by atoms with Gasteiger partial charge in [-0.1, -0.05) is 12.1 Å². The third kappa shape index (κ3) is 3.61. The lowest BCUT2D eigenvalue weighted by Gasteiger charge is -2.30. The summed E-state index contributed by atoms with van der Waals surface area (Å²) in [6.45, 7) is 0.761. The minimum absolute atomic E-state index is 0.120. The van der Waals surface area contributed by atoms with Crippen LogP contribution in [0, 0.1) is 10.1 Å². The smallest absolute Gasteiger partial charge is 0.269 e. The van der Waals surface area contributed by atoms with Gasteiger partial charge in [0.25, 0.3) is 5.69 Å². The van der Waals surface area contributed by atoms with E-state index in [0.29, 0.717) is 24.7 Å². The maximum absolute atomic E-state index is 11.2. The van der Waals surface area contributed by atoms with Crippen LogP contribution in [-0.2, 0) is 11.3 Å². The molecule has 0 N–H and O–H groups in total. The summed E-state index contributed by atoms with van der Waals surface area (Å²) in [5.41, 5.74) is 1.18. The van der Waals surface area contributed by atoms with E-state index in [-0.39, 0.29) is 10.6 Å². The lowest BCUT2D eigenvalue weighted by atomic mass is 9.93. The van der Waals surface area contributed by atoms with Crippen LogP contribution >= 0.6 is 0 Å². The van der Waals surface area contributed by atoms with Crippen molar-refractivity contribution in [1.82, 2.24) is 4.90 Å². The van der Waals surface area contributed by atoms with Gasteiger partial charge >= 0.3 is 0 Å². The van der Waals surface area contributed by atoms with E-state index < -0.39 is 0 Å². The lowest BCUT2D eigenvalue weighted by molar-refractivity contribution is -0.384. The van der Waals surface area contributed by atoms with Gasteiger partial charge in [0.05, 0.1) is 4.92 Å². The van der Waals surface area contributed by atoms with Crippen LogP contribution in [0.5, 0.6) is 0 Å². The van der Waals surface area contributed by atoms with E-state index in [2.05, 4.69) is 4.90 Å². The Morgan fingerprint density at radius 2 is 1.84 bits per heavy atom. The summed E-state index contributed by atoms with van der Waals surface area (Å²) in [7, 11) is 2.04. The first kappa shape index (κ1) is 13.7. The van der Waals surface area contributed by atoms with E-state index in [9.17, 15) is 14.9 Å². The molecule has 1 saturated carbocycles. The topological polar surface area (TPSA) is 63.4 Å². The van der Waals surface area contributed by atoms with Crippen molar-refractivity contribution in [3.05, 3.63) is 39.9 Å². The van der Waals surface area contributed by atoms with E-state index in [1.54, 1.807) is 12.1 Å². The van der Waals surface area contributed by atoms with Crippen LogP contribution in [0.1, 0.15) is 31.2 Å². The Hall–Kier alpha value is -1.75. The van der Waals surface area contributed by atoms with Crippen molar-refractivity contribution in [1.29, 1.82) is 0 Å². The van der Waals surface area contributed by atoms with Crippen LogP contribution in [0.15, 0.2) is 24.3 Å². The van der Waals surface area contributed by atoms with Crippen molar-refractivity contribution >= 4 is 11.5 Å². The monoisotopic (exact) mass is 262 g/mol. The largest absolute Gasteiger partial charge is 0.300 e. The van der Waals surface area contributed by atoms with Crippen molar-refractivity contribution in [3.8, 4) is 0 Å². The number of Topliss-reactive ketones (excluding diaryl/α,β-unsaturated/α-hetero) is 1. The second kappa shape index (κ2) is 5.93. The highest BCUT2D eigenvalue weighted by molar-refractivity contribution is 5.79. The molecule has 0 amide bonds. The van der Waals surface area contributed by atoms with Gasteiger partial charge in [0.1, 0.15) is 5.78 Å². The summed E-state index contributed by atoms with van der Waals surface area (Å²) in [6, 6.07) is 7.10. The highest BCUT2D eigenvalue weighted by Crippen LogP contribution is 2.21. The molecule has 0 aromatic heterocycles. The Morgan fingerprint density at radius 3 is 2.37 bits per heavy atom. The fourth-order valence-electron chi connectivity index (χ4n) is 2.51. The third-order valence-electron chi connectivity index (χ3n) is 3.72. The predicted molar refractivity (Wildman–Crippen MR) is 71.8 cm³/mol. The summed E-state index contributed by atoms with van der Waals surface area (Å²) in [6.07, 6.45) is 3.19. The van der Waals surface area contributed by atoms with E-state index in [0.717, 1.165) is 24.9 Å². The molecule has 1 aromatic carbocycles. The quantitative estimate of drug-likeness (QED) is 0.618. The number of benzene rings is 1. The molecule has 1 aromatic rings. The van der Waals surface area contributed by atoms with Crippen molar-refractivity contribution in [2.24, 2.45) is 0 Å². The van der Waals surface area contributed by atoms with Gasteiger partial charge in [-0.25, -0.2) is 0 Å². The van der Waals surface area contributed by atoms with E-state index in [1.165, 1.54) is 12.1 Å². The second-order valence-electron chi connectivity index (χ2n) is 5.11. The van der Waals surface area contributed by atoms with E-state index in [4.69, 9.17) is 0 Å². The molecule has 0 spiro atoms. The summed E-state index contributed by atoms with van der Waals surface area (Å²) < 4.78 is 0. The number of rotatable bonds is 4. The number of carbonyl (C=O) groups is 1. The molecule has 0 bridgehead atoms. The van der Waals surface area contributed by atoms with Crippen LogP contribution in [0.4, 0.5) is 5.69 Å². The van der Waals surface area contributed by atoms with Crippen LogP contribution in [-0.4, -0.2) is 28.7 Å². The minimum atomic E-state index is -0.389. The fourth-order valence-corrected chi connectivity index (χ4v) is 2.51. The molecule has 102 valence electrons. The van der Waals surface area contributed by atoms with Gasteiger partial charge in [0.15, 0.2) is 0 Å². The normalized spacial score (nSPS) is 16.8. The van der Waals surface area contributed by atoms with Gasteiger partial charge in [-0.3, -0.25) is 19.8 Å². The average molecular weight is 262 g/mol. The highest BCUT2D eigenvalue weighted by Gasteiger charge is 2.22. The first-order valence-electron chi connectivity index (χ1n) is 6.51. The zero-order valence-electron chi connectivity index (χ0n) is 11.0. The number of hydrogen-bond donors (Lipinski definition) is 0. The molecule has 0 unspecified atom stereocenters. The number of non-ortho nitro benzene ring substituents is 1. The SMILES string of the molecule is CN(Cc1ccc([N+](=O)[O-])cc1)C1CCC(=O)CC1. The Balaban J connectivity index is 1.93. The molecular formula is C14H18N2O3. The number of nitro groups is 1. The summed E-state index contributed by atoms with van der Waals surface area (Å²) in [4.78, 5) is 23.6. The van der Waals surface area contributed by atoms with Crippen LogP contribution in [0.25, 0.3) is 0 Å². The maximum atomic E-state index is 11.2. The van der Waals surface area contributed by atoms with Crippen molar-refractivity contribution in [3.63, 3.8) is 0 Å². The van der Waals surface area contributed by atoms with Crippen LogP contribution in [0.3, 0.4) is 0 Å².